The molecule has 1 aliphatic carbocycles. The summed E-state index contributed by atoms with van der Waals surface area (Å²) in [5.74, 6) is -0.183. The van der Waals surface area contributed by atoms with Gasteiger partial charge in [0.2, 0.25) is 12.2 Å². The van der Waals surface area contributed by atoms with Crippen LogP contribution in [0.2, 0.25) is 0 Å². The van der Waals surface area contributed by atoms with E-state index in [1.54, 1.807) is 13.0 Å². The highest BCUT2D eigenvalue weighted by molar-refractivity contribution is 8.01. The van der Waals surface area contributed by atoms with Gasteiger partial charge in [-0.1, -0.05) is 36.4 Å². The molecular formula is C31H37NO11S. The smallest absolute Gasteiger partial charge is 0.247 e. The van der Waals surface area contributed by atoms with Crippen LogP contribution in [0.3, 0.4) is 0 Å². The first-order valence-corrected chi connectivity index (χ1v) is 15.2. The van der Waals surface area contributed by atoms with Crippen molar-refractivity contribution >= 4 is 23.7 Å². The fraction of sp³-hybridized carbons (Fsp3) is 0.452. The third-order valence-corrected chi connectivity index (χ3v) is 8.94. The molecule has 7 N–H and O–H groups in total. The molecule has 10 atom stereocenters. The van der Waals surface area contributed by atoms with Crippen LogP contribution in [0.1, 0.15) is 25.0 Å². The fourth-order valence-electron chi connectivity index (χ4n) is 5.42. The van der Waals surface area contributed by atoms with E-state index < -0.39 is 67.1 Å². The molecule has 2 aliphatic heterocycles. The van der Waals surface area contributed by atoms with Gasteiger partial charge in [-0.25, -0.2) is 0 Å². The zero-order valence-electron chi connectivity index (χ0n) is 24.1. The number of hydrogen-bond acceptors (Lipinski definition) is 12. The van der Waals surface area contributed by atoms with Gasteiger partial charge >= 0.3 is 0 Å². The monoisotopic (exact) mass is 631 g/mol. The number of fused-ring (bicyclic) bond motifs is 1. The highest BCUT2D eigenvalue weighted by atomic mass is 32.2. The van der Waals surface area contributed by atoms with Crippen molar-refractivity contribution in [1.82, 2.24) is 5.32 Å². The predicted molar refractivity (Wildman–Crippen MR) is 159 cm³/mol. The number of ether oxygens (including phenoxy) is 4. The number of carbonyl (C=O) groups excluding carboxylic acids is 1. The largest absolute Gasteiger partial charge is 0.504 e. The molecule has 1 saturated carbocycles. The maximum absolute atomic E-state index is 12.9. The Labute approximate surface area is 258 Å². The normalized spacial score (nSPS) is 34.1. The zero-order valence-corrected chi connectivity index (χ0v) is 24.9. The van der Waals surface area contributed by atoms with Gasteiger partial charge in [0.15, 0.2) is 11.5 Å². The van der Waals surface area contributed by atoms with Crippen molar-refractivity contribution in [3.63, 3.8) is 0 Å². The number of aromatic hydroxyl groups is 1. The molecule has 5 rings (SSSR count). The lowest BCUT2D eigenvalue weighted by atomic mass is 9.83. The lowest BCUT2D eigenvalue weighted by Crippen LogP contribution is -2.67. The Bertz CT molecular complexity index is 1370. The fourth-order valence-corrected chi connectivity index (χ4v) is 6.28. The average molecular weight is 632 g/mol. The Hall–Kier alpha value is -2.98. The summed E-state index contributed by atoms with van der Waals surface area (Å²) in [5.41, 5.74) is 2.48. The van der Waals surface area contributed by atoms with Crippen molar-refractivity contribution in [3.8, 4) is 11.5 Å². The first-order chi connectivity index (χ1) is 21.0. The van der Waals surface area contributed by atoms with Gasteiger partial charge < -0.3 is 54.9 Å². The van der Waals surface area contributed by atoms with Crippen molar-refractivity contribution in [2.75, 3.05) is 6.79 Å². The molecule has 2 aromatic carbocycles. The van der Waals surface area contributed by atoms with E-state index in [9.17, 15) is 35.4 Å². The number of aliphatic hydroxyl groups excluding tert-OH is 5. The van der Waals surface area contributed by atoms with Gasteiger partial charge in [-0.15, -0.1) is 11.8 Å². The quantitative estimate of drug-likeness (QED) is 0.193. The van der Waals surface area contributed by atoms with Crippen molar-refractivity contribution in [3.05, 3.63) is 76.2 Å². The topological polar surface area (TPSA) is 187 Å². The molecular weight excluding hydrogens is 594 g/mol. The number of carbonyl (C=O) groups is 1. The van der Waals surface area contributed by atoms with E-state index in [2.05, 4.69) is 5.32 Å². The first kappa shape index (κ1) is 32.4. The van der Waals surface area contributed by atoms with Crippen molar-refractivity contribution in [1.29, 1.82) is 0 Å². The van der Waals surface area contributed by atoms with E-state index in [-0.39, 0.29) is 23.9 Å². The lowest BCUT2D eigenvalue weighted by molar-refractivity contribution is -0.155. The van der Waals surface area contributed by atoms with Crippen LogP contribution < -0.4 is 10.1 Å². The van der Waals surface area contributed by atoms with E-state index in [0.717, 1.165) is 11.3 Å². The second kappa shape index (κ2) is 14.0. The number of phenols is 1. The van der Waals surface area contributed by atoms with Crippen molar-refractivity contribution in [2.45, 2.75) is 80.8 Å². The number of benzene rings is 2. The summed E-state index contributed by atoms with van der Waals surface area (Å²) in [4.78, 5) is 12.9. The van der Waals surface area contributed by atoms with Gasteiger partial charge in [0.05, 0.1) is 6.04 Å². The summed E-state index contributed by atoms with van der Waals surface area (Å²) in [5, 5.41) is 67.5. The highest BCUT2D eigenvalue weighted by Gasteiger charge is 2.53. The maximum Gasteiger partial charge on any atom is 0.247 e. The number of hydrogen-bond donors (Lipinski definition) is 7. The first-order valence-electron chi connectivity index (χ1n) is 14.1. The Balaban J connectivity index is 1.18. The maximum atomic E-state index is 12.9. The molecule has 2 heterocycles. The lowest BCUT2D eigenvalue weighted by Gasteiger charge is -2.41. The summed E-state index contributed by atoms with van der Waals surface area (Å²) in [6.07, 6.45) is -9.13. The average Bonchev–Trinajstić information content (AvgIpc) is 3.61. The number of nitrogens with one attached hydrogen (secondary N) is 1. The molecule has 0 spiro atoms. The van der Waals surface area contributed by atoms with Crippen LogP contribution in [0.15, 0.2) is 65.1 Å². The molecule has 238 valence electrons. The van der Waals surface area contributed by atoms with Crippen LogP contribution in [0.5, 0.6) is 11.5 Å². The van der Waals surface area contributed by atoms with Gasteiger partial charge in [0.25, 0.3) is 0 Å². The van der Waals surface area contributed by atoms with Crippen molar-refractivity contribution < 1.29 is 54.4 Å². The Morgan fingerprint density at radius 2 is 1.66 bits per heavy atom. The van der Waals surface area contributed by atoms with Gasteiger partial charge in [-0.3, -0.25) is 4.79 Å². The minimum Gasteiger partial charge on any atom is -0.504 e. The third-order valence-electron chi connectivity index (χ3n) is 7.90. The second-order valence-corrected chi connectivity index (χ2v) is 11.9. The van der Waals surface area contributed by atoms with Gasteiger partial charge in [0.1, 0.15) is 55.6 Å². The summed E-state index contributed by atoms with van der Waals surface area (Å²) < 4.78 is 22.0. The molecule has 1 amide bonds. The van der Waals surface area contributed by atoms with Gasteiger partial charge in [-0.05, 0) is 54.2 Å². The molecule has 12 nitrogen and oxygen atoms in total. The standard InChI is InChI=1S/C31H37NO11S/c1-15(30(39)32-21-22(34)24(36)29-28(23(21)35)40-14-41-29)10-18-8-9-20(19(33)11-18)42-31-26(38)25(37)27(43-31)16(2)12-44-13-17-6-4-3-5-7-17/h3-12,21-29,31,33-38H,13-14H2,1-2H3,(H,32,39)/b15-10+,16-12-/t21-,22+,23-,24-,25+,26+,27-,28+,29-,31-/m1/s1. The van der Waals surface area contributed by atoms with Crippen LogP contribution >= 0.6 is 11.8 Å². The van der Waals surface area contributed by atoms with E-state index >= 15 is 0 Å². The van der Waals surface area contributed by atoms with Gasteiger partial charge in [-0.2, -0.15) is 0 Å². The minimum absolute atomic E-state index is 0.00276. The summed E-state index contributed by atoms with van der Waals surface area (Å²) in [6.45, 7) is 3.16. The van der Waals surface area contributed by atoms with Crippen LogP contribution in [0.4, 0.5) is 0 Å². The van der Waals surface area contributed by atoms with Crippen LogP contribution in [-0.4, -0.2) is 105 Å². The third kappa shape index (κ3) is 6.96. The number of rotatable bonds is 9. The Kier molecular flexibility index (Phi) is 10.3. The van der Waals surface area contributed by atoms with Crippen molar-refractivity contribution in [2.24, 2.45) is 0 Å². The number of aliphatic hydroxyl groups is 5. The SMILES string of the molecule is C/C(=C/SCc1ccccc1)[C@H]1O[C@@H](Oc2ccc(/C=C(\C)C(=O)N[C@@H]3[C@H](O)[C@@H](O)[C@H]4OCO[C@H]4[C@@H]3O)cc2O)[C@@H](O)[C@@H]1O. The highest BCUT2D eigenvalue weighted by Crippen LogP contribution is 2.34. The van der Waals surface area contributed by atoms with E-state index in [1.165, 1.54) is 36.9 Å². The molecule has 2 aromatic rings. The molecule has 0 radical (unpaired) electrons. The molecule has 0 unspecified atom stereocenters. The minimum atomic E-state index is -1.48. The molecule has 13 heteroatoms. The summed E-state index contributed by atoms with van der Waals surface area (Å²) in [6, 6.07) is 13.0. The van der Waals surface area contributed by atoms with E-state index in [4.69, 9.17) is 18.9 Å². The molecule has 0 aromatic heterocycles. The van der Waals surface area contributed by atoms with E-state index in [1.807, 2.05) is 35.7 Å². The molecule has 3 aliphatic rings. The Morgan fingerprint density at radius 1 is 0.955 bits per heavy atom. The molecule has 3 fully saturated rings. The van der Waals surface area contributed by atoms with Crippen LogP contribution in [-0.2, 0) is 24.8 Å². The Morgan fingerprint density at radius 3 is 2.36 bits per heavy atom. The van der Waals surface area contributed by atoms with Gasteiger partial charge in [0, 0.05) is 11.3 Å². The predicted octanol–water partition coefficient (Wildman–Crippen LogP) is 0.781. The summed E-state index contributed by atoms with van der Waals surface area (Å²) >= 11 is 1.54. The molecule has 0 bridgehead atoms. The van der Waals surface area contributed by atoms with Crippen LogP contribution in [0.25, 0.3) is 6.08 Å². The summed E-state index contributed by atoms with van der Waals surface area (Å²) in [7, 11) is 0. The number of thioether (sulfide) groups is 1. The number of amides is 1. The molecule has 2 saturated heterocycles. The second-order valence-electron chi connectivity index (χ2n) is 11.1. The number of phenolic OH excluding ortho intramolecular Hbond substituents is 1. The zero-order chi connectivity index (χ0) is 31.5. The van der Waals surface area contributed by atoms with E-state index in [0.29, 0.717) is 11.1 Å². The molecule has 44 heavy (non-hydrogen) atoms. The van der Waals surface area contributed by atoms with Crippen LogP contribution in [0, 0.1) is 0 Å².